The molecule has 32 heavy (non-hydrogen) atoms. The summed E-state index contributed by atoms with van der Waals surface area (Å²) in [6.07, 6.45) is 1.53. The molecule has 2 aromatic carbocycles. The molecule has 166 valence electrons. The summed E-state index contributed by atoms with van der Waals surface area (Å²) in [6, 6.07) is 10.3. The van der Waals surface area contributed by atoms with E-state index in [0.717, 1.165) is 16.7 Å². The minimum atomic E-state index is -1.13. The van der Waals surface area contributed by atoms with Crippen LogP contribution in [0.2, 0.25) is 0 Å². The van der Waals surface area contributed by atoms with Gasteiger partial charge in [0.2, 0.25) is 0 Å². The highest BCUT2D eigenvalue weighted by atomic mass is 32.2. The minimum Gasteiger partial charge on any atom is -0.490 e. The smallest absolute Gasteiger partial charge is 0.341 e. The second-order valence-corrected chi connectivity index (χ2v) is 7.51. The van der Waals surface area contributed by atoms with Crippen molar-refractivity contribution in [2.45, 2.75) is 13.5 Å². The van der Waals surface area contributed by atoms with Crippen molar-refractivity contribution >= 4 is 40.6 Å². The summed E-state index contributed by atoms with van der Waals surface area (Å²) < 4.78 is 10.7. The molecule has 1 N–H and O–H groups in total. The third kappa shape index (κ3) is 5.43. The highest BCUT2D eigenvalue weighted by Crippen LogP contribution is 2.35. The number of benzene rings is 2. The molecule has 1 fully saturated rings. The Morgan fingerprint density at radius 2 is 1.88 bits per heavy atom. The van der Waals surface area contributed by atoms with Gasteiger partial charge in [0.25, 0.3) is 16.8 Å². The predicted octanol–water partition coefficient (Wildman–Crippen LogP) is 3.69. The van der Waals surface area contributed by atoms with E-state index in [2.05, 4.69) is 0 Å². The number of nitro groups is 1. The van der Waals surface area contributed by atoms with Crippen molar-refractivity contribution in [2.24, 2.45) is 0 Å². The Morgan fingerprint density at radius 1 is 1.16 bits per heavy atom. The molecule has 0 saturated carbocycles. The number of rotatable bonds is 9. The van der Waals surface area contributed by atoms with E-state index in [9.17, 15) is 24.5 Å². The molecule has 0 atom stereocenters. The number of thioether (sulfide) groups is 1. The van der Waals surface area contributed by atoms with Gasteiger partial charge in [-0.05, 0) is 48.0 Å². The molecule has 0 radical (unpaired) electrons. The van der Waals surface area contributed by atoms with E-state index in [1.165, 1.54) is 36.4 Å². The second kappa shape index (κ2) is 9.96. The van der Waals surface area contributed by atoms with Gasteiger partial charge in [0.15, 0.2) is 18.1 Å². The van der Waals surface area contributed by atoms with Crippen LogP contribution in [0.25, 0.3) is 6.08 Å². The van der Waals surface area contributed by atoms with Crippen LogP contribution >= 0.6 is 11.8 Å². The van der Waals surface area contributed by atoms with Crippen LogP contribution in [0.1, 0.15) is 18.1 Å². The topological polar surface area (TPSA) is 136 Å². The Bertz CT molecular complexity index is 1100. The van der Waals surface area contributed by atoms with E-state index in [-0.39, 0.29) is 22.9 Å². The summed E-state index contributed by atoms with van der Waals surface area (Å²) in [7, 11) is 0. The van der Waals surface area contributed by atoms with Gasteiger partial charge >= 0.3 is 5.97 Å². The second-order valence-electron chi connectivity index (χ2n) is 6.51. The van der Waals surface area contributed by atoms with Gasteiger partial charge in [0.05, 0.1) is 23.0 Å². The van der Waals surface area contributed by atoms with Crippen molar-refractivity contribution in [3.8, 4) is 11.5 Å². The lowest BCUT2D eigenvalue weighted by Gasteiger charge is -2.12. The molecule has 0 aromatic heterocycles. The zero-order chi connectivity index (χ0) is 23.3. The molecule has 1 aliphatic rings. The van der Waals surface area contributed by atoms with Crippen molar-refractivity contribution in [1.29, 1.82) is 0 Å². The number of non-ortho nitro benzene ring substituents is 1. The first-order valence-electron chi connectivity index (χ1n) is 9.38. The molecule has 2 aromatic rings. The standard InChI is InChI=1S/C21H18N2O8S/c1-2-30-17-9-14(5-8-16(17)31-12-19(24)25)10-18-20(26)22(21(27)32-18)11-13-3-6-15(7-4-13)23(28)29/h3-10H,2,11-12H2,1H3,(H,24,25)/b18-10-. The number of ether oxygens (including phenoxy) is 2. The van der Waals surface area contributed by atoms with Gasteiger partial charge in [-0.3, -0.25) is 24.6 Å². The third-order valence-electron chi connectivity index (χ3n) is 4.28. The fourth-order valence-corrected chi connectivity index (χ4v) is 3.67. The summed E-state index contributed by atoms with van der Waals surface area (Å²) in [5.74, 6) is -1.05. The number of aliphatic carboxylic acids is 1. The van der Waals surface area contributed by atoms with E-state index < -0.39 is 28.6 Å². The monoisotopic (exact) mass is 458 g/mol. The van der Waals surface area contributed by atoms with Gasteiger partial charge in [-0.15, -0.1) is 0 Å². The predicted molar refractivity (Wildman–Crippen MR) is 115 cm³/mol. The Balaban J connectivity index is 1.78. The lowest BCUT2D eigenvalue weighted by Crippen LogP contribution is -2.27. The molecule has 0 unspecified atom stereocenters. The molecule has 1 aliphatic heterocycles. The molecule has 2 amide bonds. The van der Waals surface area contributed by atoms with Crippen LogP contribution in [-0.2, 0) is 16.1 Å². The molecule has 3 rings (SSSR count). The first-order valence-corrected chi connectivity index (χ1v) is 10.2. The van der Waals surface area contributed by atoms with E-state index >= 15 is 0 Å². The van der Waals surface area contributed by atoms with Crippen LogP contribution in [0.15, 0.2) is 47.4 Å². The maximum atomic E-state index is 12.7. The van der Waals surface area contributed by atoms with E-state index in [1.807, 2.05) is 0 Å². The average molecular weight is 458 g/mol. The van der Waals surface area contributed by atoms with Crippen LogP contribution in [0.3, 0.4) is 0 Å². The van der Waals surface area contributed by atoms with Crippen LogP contribution < -0.4 is 9.47 Å². The van der Waals surface area contributed by atoms with Gasteiger partial charge in [0.1, 0.15) is 0 Å². The SMILES string of the molecule is CCOc1cc(/C=C2\SC(=O)N(Cc3ccc([N+](=O)[O-])cc3)C2=O)ccc1OCC(=O)O. The van der Waals surface area contributed by atoms with E-state index in [0.29, 0.717) is 23.5 Å². The summed E-state index contributed by atoms with van der Waals surface area (Å²) in [6.45, 7) is 1.54. The fraction of sp³-hybridized carbons (Fsp3) is 0.190. The summed E-state index contributed by atoms with van der Waals surface area (Å²) in [4.78, 5) is 47.3. The minimum absolute atomic E-state index is 0.00777. The fourth-order valence-electron chi connectivity index (χ4n) is 2.83. The van der Waals surface area contributed by atoms with Gasteiger partial charge < -0.3 is 14.6 Å². The summed E-state index contributed by atoms with van der Waals surface area (Å²) >= 11 is 0.782. The number of carbonyl (C=O) groups excluding carboxylic acids is 2. The third-order valence-corrected chi connectivity index (χ3v) is 5.19. The number of amides is 2. The largest absolute Gasteiger partial charge is 0.490 e. The zero-order valence-corrected chi connectivity index (χ0v) is 17.7. The maximum Gasteiger partial charge on any atom is 0.341 e. The molecule has 10 nitrogen and oxygen atoms in total. The van der Waals surface area contributed by atoms with E-state index in [4.69, 9.17) is 14.6 Å². The number of hydrogen-bond donors (Lipinski definition) is 1. The van der Waals surface area contributed by atoms with Gasteiger partial charge in [0, 0.05) is 12.1 Å². The molecule has 0 spiro atoms. The Kier molecular flexibility index (Phi) is 7.11. The molecule has 1 saturated heterocycles. The Morgan fingerprint density at radius 3 is 2.50 bits per heavy atom. The van der Waals surface area contributed by atoms with Crippen molar-refractivity contribution in [3.05, 3.63) is 68.6 Å². The van der Waals surface area contributed by atoms with Crippen molar-refractivity contribution in [2.75, 3.05) is 13.2 Å². The molecule has 11 heteroatoms. The highest BCUT2D eigenvalue weighted by Gasteiger charge is 2.35. The van der Waals surface area contributed by atoms with Crippen LogP contribution in [0, 0.1) is 10.1 Å². The first-order chi connectivity index (χ1) is 15.3. The number of carboxylic acids is 1. The quantitative estimate of drug-likeness (QED) is 0.339. The first kappa shape index (κ1) is 22.8. The van der Waals surface area contributed by atoms with Gasteiger partial charge in [-0.25, -0.2) is 4.79 Å². The zero-order valence-electron chi connectivity index (χ0n) is 16.8. The number of nitrogens with zero attached hydrogens (tertiary/aromatic N) is 2. The van der Waals surface area contributed by atoms with Crippen molar-refractivity contribution < 1.29 is 33.9 Å². The Labute approximate surface area is 186 Å². The molecule has 0 bridgehead atoms. The molecule has 0 aliphatic carbocycles. The number of carbonyl (C=O) groups is 3. The lowest BCUT2D eigenvalue weighted by atomic mass is 10.1. The lowest BCUT2D eigenvalue weighted by molar-refractivity contribution is -0.384. The van der Waals surface area contributed by atoms with Crippen LogP contribution in [0.5, 0.6) is 11.5 Å². The number of hydrogen-bond acceptors (Lipinski definition) is 8. The van der Waals surface area contributed by atoms with Gasteiger partial charge in [-0.1, -0.05) is 18.2 Å². The van der Waals surface area contributed by atoms with Gasteiger partial charge in [-0.2, -0.15) is 0 Å². The van der Waals surface area contributed by atoms with Crippen LogP contribution in [-0.4, -0.2) is 45.3 Å². The number of imide groups is 1. The molecule has 1 heterocycles. The number of carboxylic acid groups (broad SMARTS) is 1. The summed E-state index contributed by atoms with van der Waals surface area (Å²) in [5.41, 5.74) is 1.07. The Hall–Kier alpha value is -3.86. The highest BCUT2D eigenvalue weighted by molar-refractivity contribution is 8.18. The van der Waals surface area contributed by atoms with Crippen LogP contribution in [0.4, 0.5) is 10.5 Å². The number of nitro benzene ring substituents is 1. The molecular weight excluding hydrogens is 440 g/mol. The van der Waals surface area contributed by atoms with Crippen molar-refractivity contribution in [1.82, 2.24) is 4.90 Å². The summed E-state index contributed by atoms with van der Waals surface area (Å²) in [5, 5.41) is 19.1. The normalized spacial score (nSPS) is 14.7. The van der Waals surface area contributed by atoms with Crippen molar-refractivity contribution in [3.63, 3.8) is 0 Å². The maximum absolute atomic E-state index is 12.7. The van der Waals surface area contributed by atoms with E-state index in [1.54, 1.807) is 19.1 Å². The molecular formula is C21H18N2O8S. The average Bonchev–Trinajstić information content (AvgIpc) is 3.01.